The minimum Gasteiger partial charge on any atom is -0.465 e. The fraction of sp³-hybridized carbons (Fsp3) is 0.556. The first kappa shape index (κ1) is 15.2. The average molecular weight is 293 g/mol. The first-order valence-electron chi connectivity index (χ1n) is 5.16. The third-order valence-electron chi connectivity index (χ3n) is 2.32. The molecule has 0 fully saturated rings. The van der Waals surface area contributed by atoms with Crippen molar-refractivity contribution in [1.29, 1.82) is 0 Å². The summed E-state index contributed by atoms with van der Waals surface area (Å²) in [4.78, 5) is 24.9. The molecule has 0 aliphatic heterocycles. The van der Waals surface area contributed by atoms with Gasteiger partial charge >= 0.3 is 17.2 Å². The smallest absolute Gasteiger partial charge is 0.407 e. The number of carboxylic acid groups (broad SMARTS) is 1. The van der Waals surface area contributed by atoms with E-state index in [0.717, 1.165) is 11.1 Å². The third kappa shape index (κ3) is 4.07. The molecule has 19 heavy (non-hydrogen) atoms. The van der Waals surface area contributed by atoms with E-state index in [9.17, 15) is 20.0 Å². The van der Waals surface area contributed by atoms with E-state index in [2.05, 4.69) is 4.98 Å². The van der Waals surface area contributed by atoms with Gasteiger partial charge in [0.1, 0.15) is 6.20 Å². The fourth-order valence-corrected chi connectivity index (χ4v) is 1.77. The van der Waals surface area contributed by atoms with E-state index in [4.69, 9.17) is 16.7 Å². The number of halogens is 1. The van der Waals surface area contributed by atoms with E-state index in [1.807, 2.05) is 0 Å². The third-order valence-corrected chi connectivity index (χ3v) is 2.62. The molecule has 1 amide bonds. The molecule has 0 aromatic carbocycles. The second-order valence-corrected chi connectivity index (χ2v) is 4.73. The van der Waals surface area contributed by atoms with Gasteiger partial charge in [0.25, 0.3) is 0 Å². The summed E-state index contributed by atoms with van der Waals surface area (Å²) < 4.78 is 1.19. The Morgan fingerprint density at radius 3 is 2.74 bits per heavy atom. The van der Waals surface area contributed by atoms with E-state index < -0.39 is 22.4 Å². The summed E-state index contributed by atoms with van der Waals surface area (Å²) in [5, 5.41) is 29.2. The molecule has 2 N–H and O–H groups in total. The van der Waals surface area contributed by atoms with Crippen LogP contribution in [0.1, 0.15) is 6.92 Å². The van der Waals surface area contributed by atoms with Crippen LogP contribution >= 0.6 is 11.6 Å². The summed E-state index contributed by atoms with van der Waals surface area (Å²) in [6.07, 6.45) is -0.111. The number of nitro groups is 1. The Balaban J connectivity index is 2.83. The molecule has 1 aromatic rings. The van der Waals surface area contributed by atoms with Gasteiger partial charge in [-0.05, 0) is 28.4 Å². The molecule has 0 unspecified atom stereocenters. The van der Waals surface area contributed by atoms with Crippen LogP contribution in [0.2, 0.25) is 5.28 Å². The van der Waals surface area contributed by atoms with Gasteiger partial charge in [0, 0.05) is 7.05 Å². The van der Waals surface area contributed by atoms with Crippen LogP contribution in [0.4, 0.5) is 10.6 Å². The lowest BCUT2D eigenvalue weighted by Gasteiger charge is -2.27. The van der Waals surface area contributed by atoms with Crippen molar-refractivity contribution in [2.45, 2.75) is 19.1 Å². The Morgan fingerprint density at radius 2 is 2.32 bits per heavy atom. The van der Waals surface area contributed by atoms with Crippen LogP contribution < -0.4 is 0 Å². The van der Waals surface area contributed by atoms with Crippen molar-refractivity contribution in [2.24, 2.45) is 0 Å². The van der Waals surface area contributed by atoms with Crippen molar-refractivity contribution in [3.63, 3.8) is 0 Å². The second kappa shape index (κ2) is 5.41. The normalized spacial score (nSPS) is 13.9. The number of imidazole rings is 1. The van der Waals surface area contributed by atoms with Crippen molar-refractivity contribution in [3.8, 4) is 0 Å². The molecule has 0 spiro atoms. The van der Waals surface area contributed by atoms with Crippen molar-refractivity contribution in [2.75, 3.05) is 13.6 Å². The van der Waals surface area contributed by atoms with E-state index in [-0.39, 0.29) is 18.4 Å². The Labute approximate surface area is 113 Å². The molecule has 1 rings (SSSR count). The molecule has 9 nitrogen and oxygen atoms in total. The molecule has 0 radical (unpaired) electrons. The number of hydrogen-bond donors (Lipinski definition) is 2. The van der Waals surface area contributed by atoms with E-state index in [1.54, 1.807) is 0 Å². The SMILES string of the molecule is CN(C[C@@](C)(O)Cn1cc([N+](=O)[O-])nc1Cl)C(=O)O. The maximum Gasteiger partial charge on any atom is 0.407 e. The highest BCUT2D eigenvalue weighted by Gasteiger charge is 2.28. The summed E-state index contributed by atoms with van der Waals surface area (Å²) in [7, 11) is 1.30. The predicted octanol–water partition coefficient (Wildman–Crippen LogP) is 0.805. The van der Waals surface area contributed by atoms with Gasteiger partial charge in [0.15, 0.2) is 0 Å². The Bertz CT molecular complexity index is 501. The lowest BCUT2D eigenvalue weighted by Crippen LogP contribution is -2.44. The average Bonchev–Trinajstić information content (AvgIpc) is 2.58. The highest BCUT2D eigenvalue weighted by molar-refractivity contribution is 6.28. The lowest BCUT2D eigenvalue weighted by atomic mass is 10.1. The minimum absolute atomic E-state index is 0.121. The molecule has 0 saturated carbocycles. The second-order valence-electron chi connectivity index (χ2n) is 4.39. The quantitative estimate of drug-likeness (QED) is 0.611. The number of nitrogens with zero attached hydrogens (tertiary/aromatic N) is 4. The van der Waals surface area contributed by atoms with E-state index in [1.165, 1.54) is 18.5 Å². The summed E-state index contributed by atoms with van der Waals surface area (Å²) >= 11 is 5.70. The molecule has 0 saturated heterocycles. The topological polar surface area (TPSA) is 122 Å². The number of aliphatic hydroxyl groups is 1. The molecule has 10 heteroatoms. The van der Waals surface area contributed by atoms with E-state index in [0.29, 0.717) is 0 Å². The Morgan fingerprint density at radius 1 is 1.74 bits per heavy atom. The van der Waals surface area contributed by atoms with Crippen LogP contribution in [0.3, 0.4) is 0 Å². The number of carbonyl (C=O) groups is 1. The molecular weight excluding hydrogens is 280 g/mol. The predicted molar refractivity (Wildman–Crippen MR) is 65.2 cm³/mol. The number of rotatable bonds is 5. The van der Waals surface area contributed by atoms with Crippen LogP contribution in [0.5, 0.6) is 0 Å². The monoisotopic (exact) mass is 292 g/mol. The van der Waals surface area contributed by atoms with Gasteiger partial charge in [-0.3, -0.25) is 4.57 Å². The zero-order valence-corrected chi connectivity index (χ0v) is 11.0. The molecule has 0 aliphatic rings. The number of aromatic nitrogens is 2. The van der Waals surface area contributed by atoms with Crippen LogP contribution in [0.15, 0.2) is 6.20 Å². The Hall–Kier alpha value is -1.87. The molecule has 1 heterocycles. The summed E-state index contributed by atoms with van der Waals surface area (Å²) in [5.74, 6) is -0.438. The fourth-order valence-electron chi connectivity index (χ4n) is 1.57. The maximum atomic E-state index is 10.7. The van der Waals surface area contributed by atoms with Crippen molar-refractivity contribution in [3.05, 3.63) is 21.6 Å². The van der Waals surface area contributed by atoms with Gasteiger partial charge in [0.2, 0.25) is 0 Å². The van der Waals surface area contributed by atoms with Gasteiger partial charge < -0.3 is 25.2 Å². The largest absolute Gasteiger partial charge is 0.465 e. The first-order valence-corrected chi connectivity index (χ1v) is 5.54. The molecule has 1 atom stereocenters. The molecule has 106 valence electrons. The maximum absolute atomic E-state index is 10.7. The zero-order valence-electron chi connectivity index (χ0n) is 10.3. The van der Waals surface area contributed by atoms with Crippen molar-refractivity contribution >= 4 is 23.5 Å². The van der Waals surface area contributed by atoms with Gasteiger partial charge in [-0.25, -0.2) is 4.79 Å². The van der Waals surface area contributed by atoms with Crippen LogP contribution in [0.25, 0.3) is 0 Å². The van der Waals surface area contributed by atoms with Crippen LogP contribution in [-0.4, -0.2) is 54.9 Å². The number of likely N-dealkylation sites (N-methyl/N-ethyl adjacent to an activating group) is 1. The summed E-state index contributed by atoms with van der Waals surface area (Å²) in [6.45, 7) is 1.10. The first-order chi connectivity index (χ1) is 8.62. The zero-order chi connectivity index (χ0) is 14.8. The standard InChI is InChI=1S/C9H13ClN4O5/c1-9(17,4-12(2)8(15)16)5-13-3-6(14(18)19)11-7(13)10/h3,17H,4-5H2,1-2H3,(H,15,16)/t9-/m1/s1. The van der Waals surface area contributed by atoms with Crippen LogP contribution in [-0.2, 0) is 6.54 Å². The van der Waals surface area contributed by atoms with Gasteiger partial charge in [-0.15, -0.1) is 0 Å². The number of amides is 1. The molecular formula is C9H13ClN4O5. The highest BCUT2D eigenvalue weighted by atomic mass is 35.5. The van der Waals surface area contributed by atoms with Gasteiger partial charge in [0.05, 0.1) is 18.7 Å². The highest BCUT2D eigenvalue weighted by Crippen LogP contribution is 2.19. The minimum atomic E-state index is -1.44. The molecule has 0 bridgehead atoms. The summed E-state index contributed by atoms with van der Waals surface area (Å²) in [5.41, 5.74) is -1.44. The van der Waals surface area contributed by atoms with Crippen LogP contribution in [0, 0.1) is 10.1 Å². The van der Waals surface area contributed by atoms with Crippen molar-refractivity contribution < 1.29 is 19.9 Å². The molecule has 0 aliphatic carbocycles. The van der Waals surface area contributed by atoms with Gasteiger partial charge in [-0.1, -0.05) is 0 Å². The molecule has 1 aromatic heterocycles. The van der Waals surface area contributed by atoms with Crippen molar-refractivity contribution in [1.82, 2.24) is 14.5 Å². The number of hydrogen-bond acceptors (Lipinski definition) is 5. The van der Waals surface area contributed by atoms with Gasteiger partial charge in [-0.2, -0.15) is 0 Å². The van der Waals surface area contributed by atoms with E-state index >= 15 is 0 Å². The lowest BCUT2D eigenvalue weighted by molar-refractivity contribution is -0.389. The summed E-state index contributed by atoms with van der Waals surface area (Å²) in [6, 6.07) is 0. The Kier molecular flexibility index (Phi) is 4.32.